The first kappa shape index (κ1) is 12.7. The highest BCUT2D eigenvalue weighted by Crippen LogP contribution is 2.37. The van der Waals surface area contributed by atoms with Gasteiger partial charge < -0.3 is 10.3 Å². The second-order valence-corrected chi connectivity index (χ2v) is 6.22. The van der Waals surface area contributed by atoms with E-state index in [1.807, 2.05) is 6.92 Å². The van der Waals surface area contributed by atoms with E-state index in [4.69, 9.17) is 10.3 Å². The summed E-state index contributed by atoms with van der Waals surface area (Å²) >= 11 is 1.26. The number of aromatic nitrogens is 4. The topological polar surface area (TPSA) is 90.7 Å². The Kier molecular flexibility index (Phi) is 3.10. The Bertz CT molecular complexity index is 580. The Morgan fingerprint density at radius 1 is 1.47 bits per heavy atom. The van der Waals surface area contributed by atoms with E-state index < -0.39 is 5.54 Å². The van der Waals surface area contributed by atoms with Crippen LogP contribution in [0.4, 0.5) is 0 Å². The largest absolute Gasteiger partial charge is 0.333 e. The lowest BCUT2D eigenvalue weighted by atomic mass is 9.76. The van der Waals surface area contributed by atoms with Gasteiger partial charge in [-0.2, -0.15) is 4.98 Å². The van der Waals surface area contributed by atoms with Gasteiger partial charge in [0.1, 0.15) is 4.88 Å². The van der Waals surface area contributed by atoms with Gasteiger partial charge in [0.15, 0.2) is 5.82 Å². The SMILES string of the molecule is Cc1nnsc1-c1nc(C2(N)CCCC(C)C2)no1. The first-order valence-electron chi connectivity index (χ1n) is 6.51. The summed E-state index contributed by atoms with van der Waals surface area (Å²) in [7, 11) is 0. The van der Waals surface area contributed by atoms with Crippen LogP contribution in [0.15, 0.2) is 4.52 Å². The minimum absolute atomic E-state index is 0.453. The van der Waals surface area contributed by atoms with Crippen LogP contribution in [0.25, 0.3) is 10.8 Å². The molecule has 19 heavy (non-hydrogen) atoms. The molecule has 2 aromatic heterocycles. The van der Waals surface area contributed by atoms with E-state index in [0.29, 0.717) is 17.6 Å². The quantitative estimate of drug-likeness (QED) is 0.906. The van der Waals surface area contributed by atoms with E-state index in [1.54, 1.807) is 0 Å². The van der Waals surface area contributed by atoms with E-state index in [9.17, 15) is 0 Å². The predicted molar refractivity (Wildman–Crippen MR) is 71.4 cm³/mol. The Morgan fingerprint density at radius 3 is 3.00 bits per heavy atom. The molecule has 2 aromatic rings. The number of nitrogens with zero attached hydrogens (tertiary/aromatic N) is 4. The van der Waals surface area contributed by atoms with Gasteiger partial charge in [0, 0.05) is 0 Å². The molecule has 2 N–H and O–H groups in total. The number of hydrogen-bond acceptors (Lipinski definition) is 7. The first-order valence-corrected chi connectivity index (χ1v) is 7.28. The molecule has 0 aromatic carbocycles. The zero-order valence-electron chi connectivity index (χ0n) is 11.1. The minimum atomic E-state index is -0.453. The van der Waals surface area contributed by atoms with Gasteiger partial charge in [-0.15, -0.1) is 5.10 Å². The fraction of sp³-hybridized carbons (Fsp3) is 0.667. The molecule has 1 fully saturated rings. The van der Waals surface area contributed by atoms with Crippen molar-refractivity contribution >= 4 is 11.5 Å². The molecule has 0 radical (unpaired) electrons. The van der Waals surface area contributed by atoms with Crippen molar-refractivity contribution in [3.63, 3.8) is 0 Å². The summed E-state index contributed by atoms with van der Waals surface area (Å²) in [5, 5.41) is 8.04. The zero-order valence-corrected chi connectivity index (χ0v) is 11.9. The average Bonchev–Trinajstić information content (AvgIpc) is 2.96. The lowest BCUT2D eigenvalue weighted by Gasteiger charge is -2.33. The summed E-state index contributed by atoms with van der Waals surface area (Å²) in [6.07, 6.45) is 4.16. The van der Waals surface area contributed by atoms with Crippen LogP contribution in [-0.4, -0.2) is 19.7 Å². The fourth-order valence-electron chi connectivity index (χ4n) is 2.74. The summed E-state index contributed by atoms with van der Waals surface area (Å²) in [4.78, 5) is 5.30. The summed E-state index contributed by atoms with van der Waals surface area (Å²) < 4.78 is 9.21. The smallest absolute Gasteiger partial charge is 0.271 e. The Morgan fingerprint density at radius 2 is 2.32 bits per heavy atom. The van der Waals surface area contributed by atoms with Gasteiger partial charge >= 0.3 is 0 Å². The molecule has 102 valence electrons. The van der Waals surface area contributed by atoms with Crippen LogP contribution in [0.2, 0.25) is 0 Å². The molecule has 1 aliphatic rings. The number of hydrogen-bond donors (Lipinski definition) is 1. The van der Waals surface area contributed by atoms with Crippen molar-refractivity contribution in [2.45, 2.75) is 45.1 Å². The van der Waals surface area contributed by atoms with E-state index in [0.717, 1.165) is 29.8 Å². The van der Waals surface area contributed by atoms with Crippen molar-refractivity contribution in [1.82, 2.24) is 19.7 Å². The maximum Gasteiger partial charge on any atom is 0.271 e. The van der Waals surface area contributed by atoms with Crippen molar-refractivity contribution in [1.29, 1.82) is 0 Å². The summed E-state index contributed by atoms with van der Waals surface area (Å²) in [6, 6.07) is 0. The van der Waals surface area contributed by atoms with Crippen LogP contribution in [0, 0.1) is 12.8 Å². The van der Waals surface area contributed by atoms with Crippen LogP contribution >= 0.6 is 11.5 Å². The third-order valence-corrected chi connectivity index (χ3v) is 4.57. The van der Waals surface area contributed by atoms with Crippen LogP contribution in [0.5, 0.6) is 0 Å². The van der Waals surface area contributed by atoms with Gasteiger partial charge in [0.05, 0.1) is 11.2 Å². The van der Waals surface area contributed by atoms with E-state index in [2.05, 4.69) is 26.7 Å². The van der Waals surface area contributed by atoms with Crippen molar-refractivity contribution in [2.24, 2.45) is 11.7 Å². The van der Waals surface area contributed by atoms with Crippen molar-refractivity contribution in [3.05, 3.63) is 11.5 Å². The highest BCUT2D eigenvalue weighted by molar-refractivity contribution is 7.09. The maximum absolute atomic E-state index is 6.46. The van der Waals surface area contributed by atoms with Gasteiger partial charge in [-0.05, 0) is 37.2 Å². The van der Waals surface area contributed by atoms with Gasteiger partial charge in [0.2, 0.25) is 0 Å². The lowest BCUT2D eigenvalue weighted by molar-refractivity contribution is 0.222. The molecule has 0 amide bonds. The van der Waals surface area contributed by atoms with Crippen molar-refractivity contribution < 1.29 is 4.52 Å². The predicted octanol–water partition coefficient (Wildman–Crippen LogP) is 2.26. The molecule has 0 aliphatic heterocycles. The maximum atomic E-state index is 6.46. The molecule has 2 atom stereocenters. The number of nitrogens with two attached hydrogens (primary N) is 1. The third-order valence-electron chi connectivity index (χ3n) is 3.75. The zero-order chi connectivity index (χ0) is 13.5. The van der Waals surface area contributed by atoms with Crippen molar-refractivity contribution in [3.8, 4) is 10.8 Å². The van der Waals surface area contributed by atoms with Gasteiger partial charge in [-0.25, -0.2) is 0 Å². The van der Waals surface area contributed by atoms with Crippen molar-refractivity contribution in [2.75, 3.05) is 0 Å². The first-order chi connectivity index (χ1) is 9.08. The molecule has 3 rings (SSSR count). The molecular weight excluding hydrogens is 262 g/mol. The molecule has 2 heterocycles. The summed E-state index contributed by atoms with van der Waals surface area (Å²) in [5.41, 5.74) is 6.82. The average molecular weight is 279 g/mol. The van der Waals surface area contributed by atoms with E-state index in [-0.39, 0.29) is 0 Å². The van der Waals surface area contributed by atoms with E-state index >= 15 is 0 Å². The minimum Gasteiger partial charge on any atom is -0.333 e. The molecule has 0 bridgehead atoms. The summed E-state index contributed by atoms with van der Waals surface area (Å²) in [5.74, 6) is 1.69. The standard InChI is InChI=1S/C12H17N5OS/c1-7-4-3-5-12(13,6-7)11-14-10(18-16-11)9-8(2)15-17-19-9/h7H,3-6,13H2,1-2H3. The van der Waals surface area contributed by atoms with E-state index in [1.165, 1.54) is 18.0 Å². The summed E-state index contributed by atoms with van der Waals surface area (Å²) in [6.45, 7) is 4.10. The molecule has 7 heteroatoms. The van der Waals surface area contributed by atoms with Gasteiger partial charge in [-0.3, -0.25) is 0 Å². The normalized spacial score (nSPS) is 27.6. The van der Waals surface area contributed by atoms with Crippen LogP contribution < -0.4 is 5.73 Å². The number of rotatable bonds is 2. The Hall–Kier alpha value is -1.34. The molecule has 6 nitrogen and oxygen atoms in total. The Labute approximate surface area is 115 Å². The van der Waals surface area contributed by atoms with Crippen LogP contribution in [0.1, 0.15) is 44.1 Å². The third kappa shape index (κ3) is 2.28. The number of aryl methyl sites for hydroxylation is 1. The molecule has 1 saturated carbocycles. The van der Waals surface area contributed by atoms with Gasteiger partial charge in [0.25, 0.3) is 5.89 Å². The fourth-order valence-corrected chi connectivity index (χ4v) is 3.32. The molecule has 0 saturated heterocycles. The van der Waals surface area contributed by atoms with Crippen LogP contribution in [0.3, 0.4) is 0 Å². The molecule has 1 aliphatic carbocycles. The highest BCUT2D eigenvalue weighted by atomic mass is 32.1. The van der Waals surface area contributed by atoms with Gasteiger partial charge in [-0.1, -0.05) is 29.4 Å². The monoisotopic (exact) mass is 279 g/mol. The molecular formula is C12H17N5OS. The lowest BCUT2D eigenvalue weighted by Crippen LogP contribution is -2.42. The second-order valence-electron chi connectivity index (χ2n) is 5.47. The highest BCUT2D eigenvalue weighted by Gasteiger charge is 2.37. The molecule has 2 unspecified atom stereocenters. The Balaban J connectivity index is 1.91. The van der Waals surface area contributed by atoms with Crippen LogP contribution in [-0.2, 0) is 5.54 Å². The second kappa shape index (κ2) is 4.64. The molecule has 0 spiro atoms.